The van der Waals surface area contributed by atoms with E-state index in [1.165, 1.54) is 43.1 Å². The maximum Gasteiger partial charge on any atom is 0.170 e. The second kappa shape index (κ2) is 12.5. The van der Waals surface area contributed by atoms with Gasteiger partial charge in [-0.25, -0.2) is 9.98 Å². The van der Waals surface area contributed by atoms with Crippen LogP contribution < -0.4 is 5.32 Å². The summed E-state index contributed by atoms with van der Waals surface area (Å²) in [7, 11) is 0. The maximum absolute atomic E-state index is 6.79. The molecule has 0 amide bonds. The first-order valence-electron chi connectivity index (χ1n) is 19.4. The van der Waals surface area contributed by atoms with Crippen molar-refractivity contribution in [3.63, 3.8) is 0 Å². The molecule has 1 aromatic heterocycles. The second-order valence-corrected chi connectivity index (χ2v) is 14.9. The van der Waals surface area contributed by atoms with E-state index in [0.717, 1.165) is 72.2 Å². The van der Waals surface area contributed by atoms with Crippen LogP contribution in [0.1, 0.15) is 22.9 Å². The predicted octanol–water partition coefficient (Wildman–Crippen LogP) is 13.5. The van der Waals surface area contributed by atoms with Crippen molar-refractivity contribution < 1.29 is 4.42 Å². The molecule has 0 saturated heterocycles. The first-order valence-corrected chi connectivity index (χ1v) is 19.4. The van der Waals surface area contributed by atoms with Crippen LogP contribution in [0.25, 0.3) is 86.9 Å². The molecule has 1 aliphatic heterocycles. The van der Waals surface area contributed by atoms with Crippen molar-refractivity contribution in [1.29, 1.82) is 0 Å². The van der Waals surface area contributed by atoms with Crippen LogP contribution in [0, 0.1) is 0 Å². The highest BCUT2D eigenvalue weighted by Crippen LogP contribution is 2.43. The number of hydrogen-bond acceptors (Lipinski definition) is 4. The summed E-state index contributed by atoms with van der Waals surface area (Å²) in [6.45, 7) is 0. The Labute approximate surface area is 328 Å². The summed E-state index contributed by atoms with van der Waals surface area (Å²) >= 11 is 0. The molecule has 10 aromatic carbocycles. The van der Waals surface area contributed by atoms with E-state index in [9.17, 15) is 0 Å². The van der Waals surface area contributed by atoms with E-state index >= 15 is 0 Å². The second-order valence-electron chi connectivity index (χ2n) is 14.9. The third-order valence-electron chi connectivity index (χ3n) is 11.7. The van der Waals surface area contributed by atoms with E-state index in [4.69, 9.17) is 14.4 Å². The molecule has 266 valence electrons. The lowest BCUT2D eigenvalue weighted by Crippen LogP contribution is -2.36. The van der Waals surface area contributed by atoms with Crippen LogP contribution in [0.3, 0.4) is 0 Å². The Kier molecular flexibility index (Phi) is 6.96. The number of hydrogen-bond donors (Lipinski definition) is 1. The summed E-state index contributed by atoms with van der Waals surface area (Å²) in [5.74, 6) is 1.56. The lowest BCUT2D eigenvalue weighted by molar-refractivity contribution is 0.668. The highest BCUT2D eigenvalue weighted by molar-refractivity contribution is 6.24. The zero-order valence-electron chi connectivity index (χ0n) is 30.8. The summed E-state index contributed by atoms with van der Waals surface area (Å²) in [6, 6.07) is 66.9. The fraction of sp³-hybridized carbons (Fsp3) is 0.0189. The minimum atomic E-state index is -0.557. The van der Waals surface area contributed by atoms with Crippen LogP contribution in [-0.2, 0) is 0 Å². The van der Waals surface area contributed by atoms with Gasteiger partial charge in [-0.2, -0.15) is 0 Å². The summed E-state index contributed by atoms with van der Waals surface area (Å²) in [5, 5.41) is 17.8. The Bertz CT molecular complexity index is 3520. The molecule has 0 fully saturated rings. The average molecular weight is 728 g/mol. The van der Waals surface area contributed by atoms with Gasteiger partial charge in [-0.1, -0.05) is 164 Å². The summed E-state index contributed by atoms with van der Waals surface area (Å²) < 4.78 is 6.79. The van der Waals surface area contributed by atoms with Crippen molar-refractivity contribution >= 4 is 87.5 Å². The SMILES string of the molecule is c1ccc2cc(-c3ccc(C4N=C(c5ccc6ccc7ccccc7c6c5)NC(c5cc6ccccc6c6ccccc56)=N4)c4c3oc3ccccc34)ccc2c1. The van der Waals surface area contributed by atoms with Gasteiger partial charge in [0.2, 0.25) is 0 Å². The average Bonchev–Trinajstić information content (AvgIpc) is 3.68. The van der Waals surface area contributed by atoms with Crippen molar-refractivity contribution in [3.05, 3.63) is 205 Å². The van der Waals surface area contributed by atoms with E-state index < -0.39 is 6.17 Å². The smallest absolute Gasteiger partial charge is 0.170 e. The highest BCUT2D eigenvalue weighted by atomic mass is 16.3. The quantitative estimate of drug-likeness (QED) is 0.184. The molecule has 12 rings (SSSR count). The van der Waals surface area contributed by atoms with Gasteiger partial charge in [0.25, 0.3) is 0 Å². The molecule has 2 heterocycles. The first-order chi connectivity index (χ1) is 28.2. The highest BCUT2D eigenvalue weighted by Gasteiger charge is 2.27. The third-order valence-corrected chi connectivity index (χ3v) is 11.7. The Morgan fingerprint density at radius 3 is 1.82 bits per heavy atom. The van der Waals surface area contributed by atoms with Gasteiger partial charge < -0.3 is 9.73 Å². The van der Waals surface area contributed by atoms with Gasteiger partial charge in [0.05, 0.1) is 0 Å². The standard InChI is InChI=1S/C53H33N3O/c1-2-13-35-29-37(25-21-32(35)11-1)41-27-28-45(49-44-19-9-10-20-48(44)57-50(41)49)52-54-51(38-26-24-34-23-22-33-12-3-5-15-39(33)46(34)31-38)55-53(56-52)47-30-36-14-4-6-16-40(36)42-17-7-8-18-43(42)47/h1-31,52H,(H,54,55,56). The largest absolute Gasteiger partial charge is 0.455 e. The Morgan fingerprint density at radius 1 is 0.386 bits per heavy atom. The molecule has 1 aliphatic rings. The van der Waals surface area contributed by atoms with E-state index in [-0.39, 0.29) is 0 Å². The van der Waals surface area contributed by atoms with Gasteiger partial charge in [0, 0.05) is 33.0 Å². The van der Waals surface area contributed by atoms with Crippen LogP contribution in [-0.4, -0.2) is 11.7 Å². The van der Waals surface area contributed by atoms with Crippen LogP contribution in [0.5, 0.6) is 0 Å². The summed E-state index contributed by atoms with van der Waals surface area (Å²) in [5.41, 5.74) is 6.85. The number of nitrogens with one attached hydrogen (secondary N) is 1. The first kappa shape index (κ1) is 31.8. The van der Waals surface area contributed by atoms with Crippen LogP contribution >= 0.6 is 0 Å². The summed E-state index contributed by atoms with van der Waals surface area (Å²) in [6.07, 6.45) is -0.557. The minimum Gasteiger partial charge on any atom is -0.455 e. The maximum atomic E-state index is 6.79. The molecule has 4 heteroatoms. The number of rotatable bonds is 4. The van der Waals surface area contributed by atoms with Gasteiger partial charge in [-0.05, 0) is 83.7 Å². The third kappa shape index (κ3) is 5.08. The zero-order valence-corrected chi connectivity index (χ0v) is 30.8. The van der Waals surface area contributed by atoms with E-state index in [1.807, 2.05) is 6.07 Å². The molecule has 0 bridgehead atoms. The number of aliphatic imine (C=N–C) groups is 2. The zero-order chi connectivity index (χ0) is 37.5. The van der Waals surface area contributed by atoms with E-state index in [0.29, 0.717) is 0 Å². The summed E-state index contributed by atoms with van der Waals surface area (Å²) in [4.78, 5) is 11.0. The predicted molar refractivity (Wildman–Crippen MR) is 239 cm³/mol. The molecular formula is C53H33N3O. The van der Waals surface area contributed by atoms with Crippen molar-refractivity contribution in [2.24, 2.45) is 9.98 Å². The molecule has 1 atom stereocenters. The molecule has 11 aromatic rings. The van der Waals surface area contributed by atoms with Gasteiger partial charge in [-0.3, -0.25) is 0 Å². The Balaban J connectivity index is 1.11. The van der Waals surface area contributed by atoms with Gasteiger partial charge in [0.15, 0.2) is 6.17 Å². The van der Waals surface area contributed by atoms with Gasteiger partial charge >= 0.3 is 0 Å². The number of fused-ring (bicyclic) bond motifs is 10. The normalized spacial score (nSPS) is 14.5. The number of furan rings is 1. The molecule has 0 radical (unpaired) electrons. The van der Waals surface area contributed by atoms with Crippen LogP contribution in [0.15, 0.2) is 202 Å². The van der Waals surface area contributed by atoms with Gasteiger partial charge in [0.1, 0.15) is 22.8 Å². The molecule has 0 aliphatic carbocycles. The fourth-order valence-electron chi connectivity index (χ4n) is 8.93. The molecule has 1 unspecified atom stereocenters. The molecule has 0 spiro atoms. The van der Waals surface area contributed by atoms with E-state index in [2.05, 4.69) is 187 Å². The van der Waals surface area contributed by atoms with Gasteiger partial charge in [-0.15, -0.1) is 0 Å². The lowest BCUT2D eigenvalue weighted by atomic mass is 9.94. The molecule has 57 heavy (non-hydrogen) atoms. The minimum absolute atomic E-state index is 0.557. The molecule has 1 N–H and O–H groups in total. The molecule has 4 nitrogen and oxygen atoms in total. The number of nitrogens with zero attached hydrogens (tertiary/aromatic N) is 2. The van der Waals surface area contributed by atoms with Crippen LogP contribution in [0.2, 0.25) is 0 Å². The molecular weight excluding hydrogens is 695 g/mol. The number of amidine groups is 2. The lowest BCUT2D eigenvalue weighted by Gasteiger charge is -2.24. The number of benzene rings is 10. The topological polar surface area (TPSA) is 49.9 Å². The van der Waals surface area contributed by atoms with Crippen molar-refractivity contribution in [3.8, 4) is 11.1 Å². The van der Waals surface area contributed by atoms with Crippen molar-refractivity contribution in [2.45, 2.75) is 6.17 Å². The monoisotopic (exact) mass is 727 g/mol. The van der Waals surface area contributed by atoms with Crippen molar-refractivity contribution in [1.82, 2.24) is 5.32 Å². The number of para-hydroxylation sites is 1. The van der Waals surface area contributed by atoms with E-state index in [1.54, 1.807) is 0 Å². The Hall–Kier alpha value is -7.56. The Morgan fingerprint density at radius 2 is 0.982 bits per heavy atom. The van der Waals surface area contributed by atoms with Crippen LogP contribution in [0.4, 0.5) is 0 Å². The fourth-order valence-corrected chi connectivity index (χ4v) is 8.93. The molecule has 0 saturated carbocycles. The van der Waals surface area contributed by atoms with Crippen molar-refractivity contribution in [2.75, 3.05) is 0 Å².